The van der Waals surface area contributed by atoms with Gasteiger partial charge < -0.3 is 39.4 Å². The predicted molar refractivity (Wildman–Crippen MR) is 233 cm³/mol. The Morgan fingerprint density at radius 1 is 0.544 bits per heavy atom. The van der Waals surface area contributed by atoms with Crippen molar-refractivity contribution < 1.29 is 44.2 Å². The van der Waals surface area contributed by atoms with E-state index in [1.54, 1.807) is 0 Å². The van der Waals surface area contributed by atoms with Gasteiger partial charge in [0.25, 0.3) is 0 Å². The lowest BCUT2D eigenvalue weighted by molar-refractivity contribution is -0.305. The van der Waals surface area contributed by atoms with Crippen LogP contribution in [0.15, 0.2) is 12.2 Å². The zero-order valence-corrected chi connectivity index (χ0v) is 37.1. The number of carbonyl (C=O) groups is 1. The third-order valence-corrected chi connectivity index (χ3v) is 11.4. The Kier molecular flexibility index (Phi) is 38.2. The van der Waals surface area contributed by atoms with Gasteiger partial charge in [0.2, 0.25) is 0 Å². The number of esters is 1. The molecule has 6 atom stereocenters. The average molecular weight is 813 g/mol. The molecular weight excluding hydrogens is 721 g/mol. The summed E-state index contributed by atoms with van der Waals surface area (Å²) in [5.41, 5.74) is 0. The van der Waals surface area contributed by atoms with Gasteiger partial charge in [0.15, 0.2) is 6.29 Å². The highest BCUT2D eigenvalue weighted by atomic mass is 16.7. The van der Waals surface area contributed by atoms with Crippen LogP contribution in [0.3, 0.4) is 0 Å². The topological polar surface area (TPSA) is 135 Å². The number of allylic oxidation sites excluding steroid dienone is 2. The van der Waals surface area contributed by atoms with Gasteiger partial charge in [-0.3, -0.25) is 4.79 Å². The molecule has 1 rings (SSSR count). The summed E-state index contributed by atoms with van der Waals surface area (Å²) in [6, 6.07) is 0. The van der Waals surface area contributed by atoms with Gasteiger partial charge in [-0.05, 0) is 38.5 Å². The van der Waals surface area contributed by atoms with Crippen molar-refractivity contribution in [2.24, 2.45) is 0 Å². The third kappa shape index (κ3) is 31.5. The molecular formula is C48H92O9. The Hall–Kier alpha value is -1.07. The summed E-state index contributed by atoms with van der Waals surface area (Å²) in [4.78, 5) is 12.7. The highest BCUT2D eigenvalue weighted by molar-refractivity contribution is 5.69. The standard InChI is InChI=1S/C48H92O9/c1-3-5-7-9-11-13-14-15-16-17-18-19-20-21-22-23-24-25-26-27-28-29-30-32-34-36-38-54-40-42(56-44(50)37-35-33-31-12-10-8-6-4-2)41-55-48-47(53)46(52)45(51)43(39-49)57-48/h17-18,42-43,45-49,51-53H,3-16,19-41H2,1-2H3/b18-17-. The van der Waals surface area contributed by atoms with E-state index in [-0.39, 0.29) is 19.2 Å². The molecule has 1 aliphatic rings. The van der Waals surface area contributed by atoms with Crippen molar-refractivity contribution in [2.45, 2.75) is 263 Å². The third-order valence-electron chi connectivity index (χ3n) is 11.4. The summed E-state index contributed by atoms with van der Waals surface area (Å²) in [6.07, 6.45) is 38.5. The Morgan fingerprint density at radius 3 is 1.42 bits per heavy atom. The summed E-state index contributed by atoms with van der Waals surface area (Å²) in [6.45, 7) is 4.56. The van der Waals surface area contributed by atoms with Gasteiger partial charge in [-0.2, -0.15) is 0 Å². The van der Waals surface area contributed by atoms with E-state index >= 15 is 0 Å². The number of aliphatic hydroxyl groups is 4. The second-order valence-corrected chi connectivity index (χ2v) is 16.9. The molecule has 1 fully saturated rings. The molecule has 9 heteroatoms. The predicted octanol–water partition coefficient (Wildman–Crippen LogP) is 11.2. The molecule has 57 heavy (non-hydrogen) atoms. The number of carbonyl (C=O) groups excluding carboxylic acids is 1. The molecule has 0 amide bonds. The van der Waals surface area contributed by atoms with Crippen LogP contribution >= 0.6 is 0 Å². The van der Waals surface area contributed by atoms with Gasteiger partial charge in [-0.25, -0.2) is 0 Å². The molecule has 0 saturated carbocycles. The minimum atomic E-state index is -1.53. The van der Waals surface area contributed by atoms with Crippen LogP contribution < -0.4 is 0 Å². The lowest BCUT2D eigenvalue weighted by atomic mass is 9.99. The average Bonchev–Trinajstić information content (AvgIpc) is 3.21. The fourth-order valence-electron chi connectivity index (χ4n) is 7.61. The van der Waals surface area contributed by atoms with E-state index in [1.165, 1.54) is 173 Å². The number of rotatable bonds is 42. The minimum Gasteiger partial charge on any atom is -0.457 e. The van der Waals surface area contributed by atoms with E-state index in [0.717, 1.165) is 32.1 Å². The van der Waals surface area contributed by atoms with Gasteiger partial charge in [0.1, 0.15) is 30.5 Å². The maximum Gasteiger partial charge on any atom is 0.306 e. The molecule has 0 radical (unpaired) electrons. The van der Waals surface area contributed by atoms with Crippen molar-refractivity contribution in [3.63, 3.8) is 0 Å². The monoisotopic (exact) mass is 813 g/mol. The first-order chi connectivity index (χ1) is 27.9. The van der Waals surface area contributed by atoms with Crippen molar-refractivity contribution in [1.82, 2.24) is 0 Å². The van der Waals surface area contributed by atoms with Gasteiger partial charge in [-0.15, -0.1) is 0 Å². The van der Waals surface area contributed by atoms with E-state index in [4.69, 9.17) is 18.9 Å². The van der Waals surface area contributed by atoms with Crippen LogP contribution in [0.4, 0.5) is 0 Å². The molecule has 0 bridgehead atoms. The number of unbranched alkanes of at least 4 members (excludes halogenated alkanes) is 29. The van der Waals surface area contributed by atoms with Crippen LogP contribution in [0, 0.1) is 0 Å². The van der Waals surface area contributed by atoms with Gasteiger partial charge in [-0.1, -0.05) is 193 Å². The van der Waals surface area contributed by atoms with E-state index in [0.29, 0.717) is 13.0 Å². The van der Waals surface area contributed by atoms with E-state index < -0.39 is 43.4 Å². The van der Waals surface area contributed by atoms with Gasteiger partial charge in [0, 0.05) is 13.0 Å². The van der Waals surface area contributed by atoms with Gasteiger partial charge >= 0.3 is 5.97 Å². The van der Waals surface area contributed by atoms with E-state index in [1.807, 2.05) is 0 Å². The number of ether oxygens (including phenoxy) is 4. The fourth-order valence-corrected chi connectivity index (χ4v) is 7.61. The van der Waals surface area contributed by atoms with Crippen molar-refractivity contribution in [1.29, 1.82) is 0 Å². The van der Waals surface area contributed by atoms with Crippen LogP contribution in [-0.4, -0.2) is 89.6 Å². The molecule has 1 aliphatic heterocycles. The summed E-state index contributed by atoms with van der Waals surface area (Å²) >= 11 is 0. The molecule has 6 unspecified atom stereocenters. The first-order valence-electron chi connectivity index (χ1n) is 24.3. The summed E-state index contributed by atoms with van der Waals surface area (Å²) in [7, 11) is 0. The molecule has 4 N–H and O–H groups in total. The zero-order chi connectivity index (χ0) is 41.4. The maximum absolute atomic E-state index is 12.7. The van der Waals surface area contributed by atoms with Crippen molar-refractivity contribution in [3.8, 4) is 0 Å². The van der Waals surface area contributed by atoms with E-state index in [9.17, 15) is 25.2 Å². The molecule has 1 heterocycles. The minimum absolute atomic E-state index is 0.108. The van der Waals surface area contributed by atoms with Crippen molar-refractivity contribution in [3.05, 3.63) is 12.2 Å². The lowest BCUT2D eigenvalue weighted by Gasteiger charge is -2.39. The zero-order valence-electron chi connectivity index (χ0n) is 37.1. The largest absolute Gasteiger partial charge is 0.457 e. The highest BCUT2D eigenvalue weighted by Gasteiger charge is 2.44. The molecule has 0 spiro atoms. The second-order valence-electron chi connectivity index (χ2n) is 16.9. The molecule has 0 aromatic carbocycles. The van der Waals surface area contributed by atoms with Crippen LogP contribution in [0.25, 0.3) is 0 Å². The smallest absolute Gasteiger partial charge is 0.306 e. The summed E-state index contributed by atoms with van der Waals surface area (Å²) in [5.74, 6) is -0.315. The SMILES string of the molecule is CCCCCCCCCC/C=C\CCCCCCCCCCCCCCCCOCC(COC1OC(CO)C(O)C(O)C1O)OC(=O)CCCCCCCCCC. The van der Waals surface area contributed by atoms with Crippen LogP contribution in [0.5, 0.6) is 0 Å². The van der Waals surface area contributed by atoms with Gasteiger partial charge in [0.05, 0.1) is 19.8 Å². The Morgan fingerprint density at radius 2 is 0.965 bits per heavy atom. The first kappa shape index (κ1) is 53.9. The van der Waals surface area contributed by atoms with Crippen molar-refractivity contribution >= 4 is 5.97 Å². The molecule has 0 aromatic heterocycles. The quantitative estimate of drug-likeness (QED) is 0.0270. The van der Waals surface area contributed by atoms with Crippen LogP contribution in [0.1, 0.15) is 226 Å². The second kappa shape index (κ2) is 40.3. The summed E-state index contributed by atoms with van der Waals surface area (Å²) < 4.78 is 22.8. The Bertz CT molecular complexity index is 884. The highest BCUT2D eigenvalue weighted by Crippen LogP contribution is 2.23. The molecule has 338 valence electrons. The Balaban J connectivity index is 2.09. The normalized spacial score (nSPS) is 20.4. The maximum atomic E-state index is 12.7. The number of aliphatic hydroxyl groups excluding tert-OH is 4. The Labute approximate surface area is 350 Å². The van der Waals surface area contributed by atoms with Crippen LogP contribution in [-0.2, 0) is 23.7 Å². The first-order valence-corrected chi connectivity index (χ1v) is 24.3. The number of hydrogen-bond acceptors (Lipinski definition) is 9. The van der Waals surface area contributed by atoms with Crippen LogP contribution in [0.2, 0.25) is 0 Å². The van der Waals surface area contributed by atoms with Crippen molar-refractivity contribution in [2.75, 3.05) is 26.4 Å². The molecule has 1 saturated heterocycles. The van der Waals surface area contributed by atoms with E-state index in [2.05, 4.69) is 26.0 Å². The fraction of sp³-hybridized carbons (Fsp3) is 0.938. The summed E-state index contributed by atoms with van der Waals surface area (Å²) in [5, 5.41) is 40.0. The number of hydrogen-bond donors (Lipinski definition) is 4. The molecule has 0 aliphatic carbocycles. The lowest BCUT2D eigenvalue weighted by Crippen LogP contribution is -2.59. The molecule has 9 nitrogen and oxygen atoms in total. The molecule has 0 aromatic rings.